The topological polar surface area (TPSA) is 97.0 Å². The van der Waals surface area contributed by atoms with Gasteiger partial charge in [0.25, 0.3) is 0 Å². The second kappa shape index (κ2) is 4.43. The van der Waals surface area contributed by atoms with Crippen molar-refractivity contribution in [3.05, 3.63) is 23.8 Å². The van der Waals surface area contributed by atoms with Crippen molar-refractivity contribution >= 4 is 0 Å². The monoisotopic (exact) mass is 247 g/mol. The van der Waals surface area contributed by atoms with Gasteiger partial charge in [-0.15, -0.1) is 0 Å². The Bertz CT molecular complexity index is 539. The van der Waals surface area contributed by atoms with Crippen LogP contribution in [0.4, 0.5) is 0 Å². The standard InChI is InChI=1S/C11H13N5O2/c1-6-3-13-9(14-4-6)10-15-11(18-16-10)8-2-7(17)5-12-8/h3-4,7-8,12,17H,2,5H2,1H3/t7-,8+/m1/s1. The summed E-state index contributed by atoms with van der Waals surface area (Å²) in [5.41, 5.74) is 0.975. The summed E-state index contributed by atoms with van der Waals surface area (Å²) >= 11 is 0. The first-order valence-electron chi connectivity index (χ1n) is 5.76. The molecule has 18 heavy (non-hydrogen) atoms. The predicted octanol–water partition coefficient (Wildman–Crippen LogP) is 0.230. The Morgan fingerprint density at radius 2 is 2.11 bits per heavy atom. The highest BCUT2D eigenvalue weighted by atomic mass is 16.5. The Hall–Kier alpha value is -1.86. The van der Waals surface area contributed by atoms with Gasteiger partial charge in [0.2, 0.25) is 17.5 Å². The summed E-state index contributed by atoms with van der Waals surface area (Å²) < 4.78 is 5.17. The van der Waals surface area contributed by atoms with E-state index in [2.05, 4.69) is 25.4 Å². The first-order valence-corrected chi connectivity index (χ1v) is 5.76. The molecule has 0 radical (unpaired) electrons. The van der Waals surface area contributed by atoms with E-state index in [0.717, 1.165) is 5.56 Å². The third-order valence-electron chi connectivity index (χ3n) is 2.83. The average Bonchev–Trinajstić information content (AvgIpc) is 2.98. The zero-order valence-electron chi connectivity index (χ0n) is 9.87. The van der Waals surface area contributed by atoms with E-state index in [0.29, 0.717) is 30.5 Å². The lowest BCUT2D eigenvalue weighted by atomic mass is 10.2. The molecule has 2 aromatic heterocycles. The summed E-state index contributed by atoms with van der Waals surface area (Å²) in [5, 5.41) is 16.4. The van der Waals surface area contributed by atoms with Crippen LogP contribution in [0.15, 0.2) is 16.9 Å². The van der Waals surface area contributed by atoms with Crippen molar-refractivity contribution in [3.8, 4) is 11.6 Å². The van der Waals surface area contributed by atoms with Crippen LogP contribution in [0.1, 0.15) is 23.9 Å². The van der Waals surface area contributed by atoms with Crippen LogP contribution in [0.5, 0.6) is 0 Å². The van der Waals surface area contributed by atoms with Gasteiger partial charge in [0, 0.05) is 18.9 Å². The van der Waals surface area contributed by atoms with E-state index in [1.807, 2.05) is 6.92 Å². The summed E-state index contributed by atoms with van der Waals surface area (Å²) in [6.45, 7) is 2.46. The third kappa shape index (κ3) is 2.09. The van der Waals surface area contributed by atoms with Crippen LogP contribution < -0.4 is 5.32 Å². The number of β-amino-alcohol motifs (C(OH)–C–C–N with tert-alkyl or cyclic N) is 1. The highest BCUT2D eigenvalue weighted by molar-refractivity contribution is 5.41. The molecule has 1 aliphatic heterocycles. The maximum atomic E-state index is 9.44. The van der Waals surface area contributed by atoms with Crippen LogP contribution in [0, 0.1) is 6.92 Å². The van der Waals surface area contributed by atoms with Crippen LogP contribution in [-0.2, 0) is 0 Å². The summed E-state index contributed by atoms with van der Waals surface area (Å²) in [6.07, 6.45) is 3.63. The van der Waals surface area contributed by atoms with Gasteiger partial charge in [0.15, 0.2) is 0 Å². The number of aromatic nitrogens is 4. The number of nitrogens with zero attached hydrogens (tertiary/aromatic N) is 4. The summed E-state index contributed by atoms with van der Waals surface area (Å²) in [6, 6.07) is -0.0910. The van der Waals surface area contributed by atoms with E-state index < -0.39 is 0 Å². The molecule has 1 aliphatic rings. The van der Waals surface area contributed by atoms with Crippen molar-refractivity contribution in [2.45, 2.75) is 25.5 Å². The van der Waals surface area contributed by atoms with Crippen LogP contribution >= 0.6 is 0 Å². The Kier molecular flexibility index (Phi) is 2.77. The zero-order chi connectivity index (χ0) is 12.5. The van der Waals surface area contributed by atoms with Gasteiger partial charge in [-0.25, -0.2) is 9.97 Å². The summed E-state index contributed by atoms with van der Waals surface area (Å²) in [5.74, 6) is 1.27. The molecule has 0 aromatic carbocycles. The smallest absolute Gasteiger partial charge is 0.244 e. The quantitative estimate of drug-likeness (QED) is 0.784. The molecule has 3 heterocycles. The first kappa shape index (κ1) is 11.2. The van der Waals surface area contributed by atoms with E-state index in [4.69, 9.17) is 4.52 Å². The number of nitrogens with one attached hydrogen (secondary N) is 1. The number of aliphatic hydroxyl groups excluding tert-OH is 1. The van der Waals surface area contributed by atoms with Crippen molar-refractivity contribution < 1.29 is 9.63 Å². The molecule has 94 valence electrons. The minimum atomic E-state index is -0.360. The molecule has 0 aliphatic carbocycles. The second-order valence-electron chi connectivity index (χ2n) is 4.39. The predicted molar refractivity (Wildman–Crippen MR) is 61.4 cm³/mol. The lowest BCUT2D eigenvalue weighted by Crippen LogP contribution is -2.15. The Labute approximate surface area is 103 Å². The fraction of sp³-hybridized carbons (Fsp3) is 0.455. The molecule has 7 nitrogen and oxygen atoms in total. The van der Waals surface area contributed by atoms with Crippen LogP contribution in [0.25, 0.3) is 11.6 Å². The van der Waals surface area contributed by atoms with Gasteiger partial charge in [-0.05, 0) is 18.9 Å². The molecule has 7 heteroatoms. The van der Waals surface area contributed by atoms with E-state index in [1.54, 1.807) is 12.4 Å². The van der Waals surface area contributed by atoms with Crippen LogP contribution in [0.2, 0.25) is 0 Å². The van der Waals surface area contributed by atoms with Gasteiger partial charge < -0.3 is 14.9 Å². The lowest BCUT2D eigenvalue weighted by Gasteiger charge is -2.01. The number of hydrogen-bond acceptors (Lipinski definition) is 7. The van der Waals surface area contributed by atoms with Gasteiger partial charge in [0.05, 0.1) is 12.1 Å². The molecule has 2 aromatic rings. The lowest BCUT2D eigenvalue weighted by molar-refractivity contribution is 0.191. The molecule has 2 N–H and O–H groups in total. The van der Waals surface area contributed by atoms with Crippen molar-refractivity contribution in [3.63, 3.8) is 0 Å². The van der Waals surface area contributed by atoms with Crippen LogP contribution in [0.3, 0.4) is 0 Å². The van der Waals surface area contributed by atoms with Gasteiger partial charge in [-0.2, -0.15) is 4.98 Å². The average molecular weight is 247 g/mol. The Morgan fingerprint density at radius 1 is 1.33 bits per heavy atom. The maximum Gasteiger partial charge on any atom is 0.244 e. The van der Waals surface area contributed by atoms with E-state index in [-0.39, 0.29) is 12.1 Å². The largest absolute Gasteiger partial charge is 0.392 e. The van der Waals surface area contributed by atoms with Crippen molar-refractivity contribution in [2.75, 3.05) is 6.54 Å². The SMILES string of the molecule is Cc1cnc(-c2noc([C@@H]3C[C@@H](O)CN3)n2)nc1. The molecule has 0 saturated carbocycles. The van der Waals surface area contributed by atoms with E-state index >= 15 is 0 Å². The number of aliphatic hydroxyl groups is 1. The highest BCUT2D eigenvalue weighted by Gasteiger charge is 2.28. The maximum absolute atomic E-state index is 9.44. The fourth-order valence-corrected chi connectivity index (χ4v) is 1.88. The molecule has 1 fully saturated rings. The molecule has 2 atom stereocenters. The highest BCUT2D eigenvalue weighted by Crippen LogP contribution is 2.23. The normalized spacial score (nSPS) is 23.4. The minimum Gasteiger partial charge on any atom is -0.392 e. The fourth-order valence-electron chi connectivity index (χ4n) is 1.88. The first-order chi connectivity index (χ1) is 8.72. The summed E-state index contributed by atoms with van der Waals surface area (Å²) in [4.78, 5) is 12.5. The summed E-state index contributed by atoms with van der Waals surface area (Å²) in [7, 11) is 0. The number of rotatable bonds is 2. The van der Waals surface area contributed by atoms with Crippen molar-refractivity contribution in [1.29, 1.82) is 0 Å². The molecular weight excluding hydrogens is 234 g/mol. The molecular formula is C11H13N5O2. The van der Waals surface area contributed by atoms with Gasteiger partial charge in [0.1, 0.15) is 0 Å². The van der Waals surface area contributed by atoms with Gasteiger partial charge >= 0.3 is 0 Å². The van der Waals surface area contributed by atoms with Crippen molar-refractivity contribution in [2.24, 2.45) is 0 Å². The van der Waals surface area contributed by atoms with Crippen molar-refractivity contribution in [1.82, 2.24) is 25.4 Å². The molecule has 0 bridgehead atoms. The Balaban J connectivity index is 1.83. The molecule has 1 saturated heterocycles. The Morgan fingerprint density at radius 3 is 2.78 bits per heavy atom. The minimum absolute atomic E-state index is 0.0910. The molecule has 0 amide bonds. The van der Waals surface area contributed by atoms with Gasteiger partial charge in [-0.1, -0.05) is 5.16 Å². The van der Waals surface area contributed by atoms with E-state index in [1.165, 1.54) is 0 Å². The third-order valence-corrected chi connectivity index (χ3v) is 2.83. The molecule has 0 unspecified atom stereocenters. The van der Waals surface area contributed by atoms with E-state index in [9.17, 15) is 5.11 Å². The number of hydrogen-bond donors (Lipinski definition) is 2. The zero-order valence-corrected chi connectivity index (χ0v) is 9.87. The van der Waals surface area contributed by atoms with Crippen LogP contribution in [-0.4, -0.2) is 37.9 Å². The van der Waals surface area contributed by atoms with Gasteiger partial charge in [-0.3, -0.25) is 0 Å². The molecule has 0 spiro atoms. The number of aryl methyl sites for hydroxylation is 1. The molecule has 3 rings (SSSR count). The second-order valence-corrected chi connectivity index (χ2v) is 4.39.